The van der Waals surface area contributed by atoms with Gasteiger partial charge in [0.25, 0.3) is 0 Å². The van der Waals surface area contributed by atoms with Gasteiger partial charge in [0.2, 0.25) is 15.9 Å². The Bertz CT molecular complexity index is 656. The maximum Gasteiger partial charge on any atom is 0.240 e. The molecule has 1 aliphatic heterocycles. The Kier molecular flexibility index (Phi) is 5.20. The van der Waals surface area contributed by atoms with E-state index in [0.29, 0.717) is 31.6 Å². The molecule has 3 N–H and O–H groups in total. The van der Waals surface area contributed by atoms with E-state index in [2.05, 4.69) is 4.72 Å². The van der Waals surface area contributed by atoms with Gasteiger partial charge in [-0.1, -0.05) is 13.0 Å². The molecular formula is C15H23N3O3S. The minimum Gasteiger partial charge on any atom is -0.328 e. The first kappa shape index (κ1) is 16.9. The van der Waals surface area contributed by atoms with Crippen molar-refractivity contribution in [3.05, 3.63) is 23.8 Å². The van der Waals surface area contributed by atoms with Crippen molar-refractivity contribution in [2.24, 2.45) is 5.73 Å². The van der Waals surface area contributed by atoms with Gasteiger partial charge in [-0.25, -0.2) is 13.1 Å². The Hall–Kier alpha value is -1.44. The molecule has 0 radical (unpaired) electrons. The Balaban J connectivity index is 2.25. The van der Waals surface area contributed by atoms with Crippen LogP contribution in [-0.2, 0) is 21.2 Å². The molecule has 0 aliphatic carbocycles. The number of hydrogen-bond acceptors (Lipinski definition) is 4. The Morgan fingerprint density at radius 2 is 2.18 bits per heavy atom. The summed E-state index contributed by atoms with van der Waals surface area (Å²) in [5, 5.41) is 0. The average molecular weight is 325 g/mol. The smallest absolute Gasteiger partial charge is 0.240 e. The predicted octanol–water partition coefficient (Wildman–Crippen LogP) is 1.00. The maximum atomic E-state index is 12.3. The second-order valence-electron chi connectivity index (χ2n) is 5.60. The molecule has 1 aliphatic rings. The molecule has 2 rings (SSSR count). The average Bonchev–Trinajstić information content (AvgIpc) is 2.87. The van der Waals surface area contributed by atoms with Gasteiger partial charge in [-0.05, 0) is 37.5 Å². The number of nitrogens with zero attached hydrogens (tertiary/aromatic N) is 1. The third-order valence-electron chi connectivity index (χ3n) is 3.71. The Morgan fingerprint density at radius 3 is 2.82 bits per heavy atom. The lowest BCUT2D eigenvalue weighted by molar-refractivity contribution is -0.118. The number of hydrogen-bond donors (Lipinski definition) is 2. The fourth-order valence-electron chi connectivity index (χ4n) is 2.54. The summed E-state index contributed by atoms with van der Waals surface area (Å²) in [6.07, 6.45) is 1.75. The number of carbonyl (C=O) groups is 1. The highest BCUT2D eigenvalue weighted by atomic mass is 32.2. The van der Waals surface area contributed by atoms with Gasteiger partial charge in [-0.2, -0.15) is 0 Å². The largest absolute Gasteiger partial charge is 0.328 e. The van der Waals surface area contributed by atoms with E-state index in [4.69, 9.17) is 5.73 Å². The van der Waals surface area contributed by atoms with E-state index < -0.39 is 10.0 Å². The zero-order valence-corrected chi connectivity index (χ0v) is 13.8. The first-order valence-electron chi connectivity index (χ1n) is 7.53. The van der Waals surface area contributed by atoms with Crippen LogP contribution in [0.5, 0.6) is 0 Å². The monoisotopic (exact) mass is 325 g/mol. The van der Waals surface area contributed by atoms with Crippen LogP contribution in [0, 0.1) is 0 Å². The van der Waals surface area contributed by atoms with Crippen LogP contribution in [0.15, 0.2) is 23.1 Å². The van der Waals surface area contributed by atoms with Crippen LogP contribution in [0.2, 0.25) is 0 Å². The van der Waals surface area contributed by atoms with Gasteiger partial charge in [-0.3, -0.25) is 4.79 Å². The van der Waals surface area contributed by atoms with Crippen LogP contribution < -0.4 is 15.4 Å². The standard InChI is InChI=1S/C15H23N3O3S/c1-3-17-22(20,21)13-6-5-12-8-9-18(14(12)10-13)15(19)7-4-11(2)16/h5-6,10-11,17H,3-4,7-9,16H2,1-2H3. The number of rotatable bonds is 6. The number of anilines is 1. The fourth-order valence-corrected chi connectivity index (χ4v) is 3.61. The summed E-state index contributed by atoms with van der Waals surface area (Å²) in [6.45, 7) is 4.52. The van der Waals surface area contributed by atoms with Gasteiger partial charge in [0.15, 0.2) is 0 Å². The summed E-state index contributed by atoms with van der Waals surface area (Å²) < 4.78 is 26.7. The molecule has 1 aromatic carbocycles. The summed E-state index contributed by atoms with van der Waals surface area (Å²) in [5.74, 6) is -0.00551. The van der Waals surface area contributed by atoms with Gasteiger partial charge in [0.1, 0.15) is 0 Å². The van der Waals surface area contributed by atoms with Crippen molar-refractivity contribution in [1.29, 1.82) is 0 Å². The molecule has 1 amide bonds. The van der Waals surface area contributed by atoms with Crippen molar-refractivity contribution in [1.82, 2.24) is 4.72 Å². The number of carbonyl (C=O) groups excluding carboxylic acids is 1. The van der Waals surface area contributed by atoms with Crippen molar-refractivity contribution >= 4 is 21.6 Å². The topological polar surface area (TPSA) is 92.5 Å². The summed E-state index contributed by atoms with van der Waals surface area (Å²) in [7, 11) is -3.51. The molecule has 7 heteroatoms. The van der Waals surface area contributed by atoms with Crippen molar-refractivity contribution in [2.75, 3.05) is 18.0 Å². The number of nitrogens with two attached hydrogens (primary N) is 1. The summed E-state index contributed by atoms with van der Waals surface area (Å²) in [5.41, 5.74) is 7.40. The third-order valence-corrected chi connectivity index (χ3v) is 5.25. The molecule has 0 saturated carbocycles. The molecule has 1 atom stereocenters. The van der Waals surface area contributed by atoms with E-state index >= 15 is 0 Å². The molecule has 22 heavy (non-hydrogen) atoms. The molecule has 0 spiro atoms. The van der Waals surface area contributed by atoms with Crippen LogP contribution in [-0.4, -0.2) is 33.5 Å². The minimum atomic E-state index is -3.51. The second kappa shape index (κ2) is 6.76. The van der Waals surface area contributed by atoms with Crippen molar-refractivity contribution in [2.45, 2.75) is 44.0 Å². The number of nitrogens with one attached hydrogen (secondary N) is 1. The van der Waals surface area contributed by atoms with Crippen molar-refractivity contribution in [3.8, 4) is 0 Å². The molecule has 1 unspecified atom stereocenters. The number of amides is 1. The lowest BCUT2D eigenvalue weighted by atomic mass is 10.1. The summed E-state index contributed by atoms with van der Waals surface area (Å²) in [4.78, 5) is 14.2. The molecule has 0 bridgehead atoms. The second-order valence-corrected chi connectivity index (χ2v) is 7.37. The normalized spacial score (nSPS) is 15.7. The van der Waals surface area contributed by atoms with Crippen molar-refractivity contribution < 1.29 is 13.2 Å². The Labute approximate surface area is 131 Å². The molecular weight excluding hydrogens is 302 g/mol. The van der Waals surface area contributed by atoms with Crippen LogP contribution in [0.25, 0.3) is 0 Å². The maximum absolute atomic E-state index is 12.3. The lowest BCUT2D eigenvalue weighted by Gasteiger charge is -2.18. The highest BCUT2D eigenvalue weighted by molar-refractivity contribution is 7.89. The third kappa shape index (κ3) is 3.66. The number of fused-ring (bicyclic) bond motifs is 1. The number of benzene rings is 1. The molecule has 0 aromatic heterocycles. The molecule has 0 fully saturated rings. The Morgan fingerprint density at radius 1 is 1.45 bits per heavy atom. The first-order chi connectivity index (χ1) is 10.3. The zero-order chi connectivity index (χ0) is 16.3. The van der Waals surface area contributed by atoms with Gasteiger partial charge in [0.05, 0.1) is 4.90 Å². The molecule has 122 valence electrons. The van der Waals surface area contributed by atoms with Crippen LogP contribution in [0.4, 0.5) is 5.69 Å². The van der Waals surface area contributed by atoms with E-state index in [1.54, 1.807) is 30.0 Å². The minimum absolute atomic E-state index is 0.00551. The van der Waals surface area contributed by atoms with Gasteiger partial charge in [-0.15, -0.1) is 0 Å². The van der Waals surface area contributed by atoms with Crippen LogP contribution >= 0.6 is 0 Å². The predicted molar refractivity (Wildman–Crippen MR) is 86.2 cm³/mol. The summed E-state index contributed by atoms with van der Waals surface area (Å²) >= 11 is 0. The van der Waals surface area contributed by atoms with Crippen LogP contribution in [0.1, 0.15) is 32.3 Å². The molecule has 1 aromatic rings. The van der Waals surface area contributed by atoms with Crippen molar-refractivity contribution in [3.63, 3.8) is 0 Å². The van der Waals surface area contributed by atoms with E-state index in [0.717, 1.165) is 12.0 Å². The first-order valence-corrected chi connectivity index (χ1v) is 9.02. The van der Waals surface area contributed by atoms with E-state index in [9.17, 15) is 13.2 Å². The summed E-state index contributed by atoms with van der Waals surface area (Å²) in [6, 6.07) is 4.95. The van der Waals surface area contributed by atoms with Gasteiger partial charge >= 0.3 is 0 Å². The van der Waals surface area contributed by atoms with E-state index in [1.165, 1.54) is 0 Å². The van der Waals surface area contributed by atoms with Gasteiger partial charge < -0.3 is 10.6 Å². The number of sulfonamides is 1. The van der Waals surface area contributed by atoms with E-state index in [1.807, 2.05) is 6.92 Å². The highest BCUT2D eigenvalue weighted by Gasteiger charge is 2.26. The van der Waals surface area contributed by atoms with Gasteiger partial charge in [0, 0.05) is 31.2 Å². The molecule has 1 heterocycles. The zero-order valence-electron chi connectivity index (χ0n) is 13.0. The van der Waals surface area contributed by atoms with Crippen LogP contribution in [0.3, 0.4) is 0 Å². The molecule has 0 saturated heterocycles. The lowest BCUT2D eigenvalue weighted by Crippen LogP contribution is -2.30. The fraction of sp³-hybridized carbons (Fsp3) is 0.533. The molecule has 6 nitrogen and oxygen atoms in total. The van der Waals surface area contributed by atoms with E-state index in [-0.39, 0.29) is 16.8 Å². The SMILES string of the molecule is CCNS(=O)(=O)c1ccc2c(c1)N(C(=O)CCC(C)N)CC2. The highest BCUT2D eigenvalue weighted by Crippen LogP contribution is 2.31. The quantitative estimate of drug-likeness (QED) is 0.816.